The molecule has 2 aromatic rings. The predicted octanol–water partition coefficient (Wildman–Crippen LogP) is 4.24. The number of rotatable bonds is 2. The Balaban J connectivity index is 1.94. The van der Waals surface area contributed by atoms with Crippen molar-refractivity contribution in [1.29, 1.82) is 0 Å². The van der Waals surface area contributed by atoms with E-state index in [1.807, 2.05) is 4.57 Å². The van der Waals surface area contributed by atoms with Gasteiger partial charge >= 0.3 is 0 Å². The first-order chi connectivity index (χ1) is 9.54. The Kier molecular flexibility index (Phi) is 3.59. The molecule has 1 aliphatic carbocycles. The molecule has 1 aromatic carbocycles. The molecule has 0 saturated heterocycles. The highest BCUT2D eigenvalue weighted by Crippen LogP contribution is 2.32. The van der Waals surface area contributed by atoms with Gasteiger partial charge in [0.15, 0.2) is 0 Å². The molecule has 0 bridgehead atoms. The molecule has 20 heavy (non-hydrogen) atoms. The summed E-state index contributed by atoms with van der Waals surface area (Å²) < 4.78 is 15.6. The molecule has 3 rings (SSSR count). The molecule has 108 valence electrons. The van der Waals surface area contributed by atoms with E-state index in [0.717, 1.165) is 18.0 Å². The van der Waals surface area contributed by atoms with Gasteiger partial charge in [0, 0.05) is 12.6 Å². The third kappa shape index (κ3) is 2.49. The maximum absolute atomic E-state index is 13.7. The van der Waals surface area contributed by atoms with Crippen LogP contribution < -0.4 is 5.73 Å². The quantitative estimate of drug-likeness (QED) is 0.900. The monoisotopic (exact) mass is 295 g/mol. The van der Waals surface area contributed by atoms with Crippen molar-refractivity contribution in [2.45, 2.75) is 39.2 Å². The average molecular weight is 296 g/mol. The van der Waals surface area contributed by atoms with Crippen LogP contribution in [0.25, 0.3) is 11.0 Å². The second-order valence-electron chi connectivity index (χ2n) is 5.97. The zero-order valence-corrected chi connectivity index (χ0v) is 12.3. The summed E-state index contributed by atoms with van der Waals surface area (Å²) in [4.78, 5) is 4.29. The molecular formula is C15H19ClFN3. The Hall–Kier alpha value is -1.29. The molecule has 3 nitrogen and oxygen atoms in total. The molecule has 0 aliphatic heterocycles. The second kappa shape index (κ2) is 5.24. The first kappa shape index (κ1) is 13.7. The Morgan fingerprint density at radius 1 is 1.45 bits per heavy atom. The largest absolute Gasteiger partial charge is 0.369 e. The minimum Gasteiger partial charge on any atom is -0.369 e. The minimum absolute atomic E-state index is 0.0911. The van der Waals surface area contributed by atoms with Gasteiger partial charge < -0.3 is 10.3 Å². The molecule has 2 N–H and O–H groups in total. The molecule has 0 radical (unpaired) electrons. The first-order valence-electron chi connectivity index (χ1n) is 7.15. The summed E-state index contributed by atoms with van der Waals surface area (Å²) in [7, 11) is 0. The van der Waals surface area contributed by atoms with Crippen LogP contribution in [-0.2, 0) is 6.54 Å². The summed E-state index contributed by atoms with van der Waals surface area (Å²) in [6, 6.07) is 2.98. The summed E-state index contributed by atoms with van der Waals surface area (Å²) in [6.07, 6.45) is 4.98. The Morgan fingerprint density at radius 2 is 2.25 bits per heavy atom. The molecule has 1 aliphatic rings. The van der Waals surface area contributed by atoms with E-state index in [1.54, 1.807) is 6.07 Å². The lowest BCUT2D eigenvalue weighted by Crippen LogP contribution is -2.19. The van der Waals surface area contributed by atoms with Crippen molar-refractivity contribution < 1.29 is 4.39 Å². The van der Waals surface area contributed by atoms with Gasteiger partial charge in [-0.3, -0.25) is 0 Å². The fourth-order valence-electron chi connectivity index (χ4n) is 3.31. The standard InChI is InChI=1S/C15H19ClFN3/c1-9-3-2-4-10(5-9)8-20-14-7-12(17)11(16)6-13(14)19-15(20)18/h6-7,9-10H,2-5,8H2,1H3,(H2,18,19). The van der Waals surface area contributed by atoms with Gasteiger partial charge in [-0.2, -0.15) is 0 Å². The van der Waals surface area contributed by atoms with Crippen molar-refractivity contribution in [3.8, 4) is 0 Å². The van der Waals surface area contributed by atoms with Crippen LogP contribution in [0.15, 0.2) is 12.1 Å². The van der Waals surface area contributed by atoms with Crippen LogP contribution >= 0.6 is 11.6 Å². The van der Waals surface area contributed by atoms with Crippen molar-refractivity contribution in [3.05, 3.63) is 23.0 Å². The van der Waals surface area contributed by atoms with E-state index in [4.69, 9.17) is 17.3 Å². The molecule has 1 heterocycles. The van der Waals surface area contributed by atoms with E-state index in [-0.39, 0.29) is 5.02 Å². The molecule has 1 saturated carbocycles. The Labute approximate surface area is 122 Å². The first-order valence-corrected chi connectivity index (χ1v) is 7.53. The average Bonchev–Trinajstić information content (AvgIpc) is 2.67. The summed E-state index contributed by atoms with van der Waals surface area (Å²) in [5.41, 5.74) is 7.39. The number of nitrogens with two attached hydrogens (primary N) is 1. The highest BCUT2D eigenvalue weighted by atomic mass is 35.5. The Bertz CT molecular complexity index is 638. The SMILES string of the molecule is CC1CCCC(Cn2c(N)nc3cc(Cl)c(F)cc32)C1. The van der Waals surface area contributed by atoms with Gasteiger partial charge in [-0.15, -0.1) is 0 Å². The fraction of sp³-hybridized carbons (Fsp3) is 0.533. The summed E-state index contributed by atoms with van der Waals surface area (Å²) in [5.74, 6) is 1.38. The van der Waals surface area contributed by atoms with Gasteiger partial charge in [0.25, 0.3) is 0 Å². The number of aromatic nitrogens is 2. The molecule has 1 fully saturated rings. The van der Waals surface area contributed by atoms with Crippen molar-refractivity contribution in [3.63, 3.8) is 0 Å². The fourth-order valence-corrected chi connectivity index (χ4v) is 3.47. The van der Waals surface area contributed by atoms with E-state index in [0.29, 0.717) is 17.4 Å². The third-order valence-electron chi connectivity index (χ3n) is 4.31. The zero-order chi connectivity index (χ0) is 14.3. The van der Waals surface area contributed by atoms with E-state index in [9.17, 15) is 4.39 Å². The van der Waals surface area contributed by atoms with Crippen LogP contribution in [0.2, 0.25) is 5.02 Å². The number of benzene rings is 1. The van der Waals surface area contributed by atoms with Gasteiger partial charge in [0.05, 0.1) is 16.1 Å². The summed E-state index contributed by atoms with van der Waals surface area (Å²) in [5, 5.41) is 0.0911. The van der Waals surface area contributed by atoms with Gasteiger partial charge in [0.2, 0.25) is 5.95 Å². The van der Waals surface area contributed by atoms with Gasteiger partial charge in [-0.25, -0.2) is 9.37 Å². The van der Waals surface area contributed by atoms with Crippen LogP contribution in [0.5, 0.6) is 0 Å². The van der Waals surface area contributed by atoms with Crippen LogP contribution in [0.4, 0.5) is 10.3 Å². The van der Waals surface area contributed by atoms with Crippen LogP contribution in [0.1, 0.15) is 32.6 Å². The van der Waals surface area contributed by atoms with Crippen molar-refractivity contribution >= 4 is 28.6 Å². The van der Waals surface area contributed by atoms with E-state index < -0.39 is 5.82 Å². The zero-order valence-electron chi connectivity index (χ0n) is 11.6. The van der Waals surface area contributed by atoms with Crippen molar-refractivity contribution in [1.82, 2.24) is 9.55 Å². The van der Waals surface area contributed by atoms with Crippen LogP contribution in [-0.4, -0.2) is 9.55 Å². The number of hydrogen-bond acceptors (Lipinski definition) is 2. The number of fused-ring (bicyclic) bond motifs is 1. The maximum atomic E-state index is 13.7. The summed E-state index contributed by atoms with van der Waals surface area (Å²) >= 11 is 5.80. The van der Waals surface area contributed by atoms with E-state index >= 15 is 0 Å². The molecule has 5 heteroatoms. The molecule has 2 atom stereocenters. The number of hydrogen-bond donors (Lipinski definition) is 1. The smallest absolute Gasteiger partial charge is 0.201 e. The number of anilines is 1. The predicted molar refractivity (Wildman–Crippen MR) is 80.2 cm³/mol. The molecular weight excluding hydrogens is 277 g/mol. The molecule has 1 aromatic heterocycles. The normalized spacial score (nSPS) is 23.4. The summed E-state index contributed by atoms with van der Waals surface area (Å²) in [6.45, 7) is 3.11. The third-order valence-corrected chi connectivity index (χ3v) is 4.60. The van der Waals surface area contributed by atoms with Crippen LogP contribution in [0, 0.1) is 17.7 Å². The molecule has 0 spiro atoms. The second-order valence-corrected chi connectivity index (χ2v) is 6.38. The van der Waals surface area contributed by atoms with Gasteiger partial charge in [-0.05, 0) is 30.7 Å². The molecule has 0 amide bonds. The lowest BCUT2D eigenvalue weighted by molar-refractivity contribution is 0.259. The van der Waals surface area contributed by atoms with E-state index in [1.165, 1.54) is 31.7 Å². The lowest BCUT2D eigenvalue weighted by atomic mass is 9.82. The number of halogens is 2. The topological polar surface area (TPSA) is 43.8 Å². The van der Waals surface area contributed by atoms with Crippen molar-refractivity contribution in [2.75, 3.05) is 5.73 Å². The molecule has 2 unspecified atom stereocenters. The maximum Gasteiger partial charge on any atom is 0.201 e. The minimum atomic E-state index is -0.419. The van der Waals surface area contributed by atoms with Gasteiger partial charge in [0.1, 0.15) is 5.82 Å². The highest BCUT2D eigenvalue weighted by molar-refractivity contribution is 6.31. The Morgan fingerprint density at radius 3 is 3.00 bits per heavy atom. The number of imidazole rings is 1. The van der Waals surface area contributed by atoms with Crippen LogP contribution in [0.3, 0.4) is 0 Å². The number of nitrogen functional groups attached to an aromatic ring is 1. The van der Waals surface area contributed by atoms with Crippen molar-refractivity contribution in [2.24, 2.45) is 11.8 Å². The van der Waals surface area contributed by atoms with E-state index in [2.05, 4.69) is 11.9 Å². The van der Waals surface area contributed by atoms with Gasteiger partial charge in [-0.1, -0.05) is 31.4 Å². The number of nitrogens with zero attached hydrogens (tertiary/aromatic N) is 2. The highest BCUT2D eigenvalue weighted by Gasteiger charge is 2.21. The lowest BCUT2D eigenvalue weighted by Gasteiger charge is -2.27.